The minimum atomic E-state index is -0.532. The third-order valence-electron chi connectivity index (χ3n) is 5.67. The Bertz CT molecular complexity index is 872. The van der Waals surface area contributed by atoms with Crippen molar-refractivity contribution >= 4 is 22.5 Å². The van der Waals surface area contributed by atoms with Crippen molar-refractivity contribution in [2.45, 2.75) is 31.2 Å². The molecule has 2 aliphatic rings. The van der Waals surface area contributed by atoms with Gasteiger partial charge in [-0.3, -0.25) is 9.78 Å². The number of rotatable bonds is 8. The quantitative estimate of drug-likeness (QED) is 0.638. The van der Waals surface area contributed by atoms with E-state index in [0.29, 0.717) is 26.4 Å². The highest BCUT2D eigenvalue weighted by atomic mass is 16.6. The van der Waals surface area contributed by atoms with Crippen LogP contribution in [0.25, 0.3) is 10.9 Å². The van der Waals surface area contributed by atoms with Gasteiger partial charge in [0.25, 0.3) is 5.91 Å². The van der Waals surface area contributed by atoms with Gasteiger partial charge in [-0.1, -0.05) is 0 Å². The molecule has 2 aromatic rings. The van der Waals surface area contributed by atoms with Crippen LogP contribution in [0, 0.1) is 0 Å². The van der Waals surface area contributed by atoms with Crippen LogP contribution in [-0.2, 0) is 18.9 Å². The van der Waals surface area contributed by atoms with Crippen LogP contribution < -0.4 is 10.6 Å². The lowest BCUT2D eigenvalue weighted by Gasteiger charge is -2.33. The van der Waals surface area contributed by atoms with E-state index in [4.69, 9.17) is 24.7 Å². The molecule has 2 N–H and O–H groups in total. The Hall–Kier alpha value is -2.33. The Labute approximate surface area is 175 Å². The van der Waals surface area contributed by atoms with Crippen molar-refractivity contribution in [2.24, 2.45) is 5.73 Å². The molecule has 2 fully saturated rings. The topological polar surface area (TPSA) is 109 Å². The lowest BCUT2D eigenvalue weighted by atomic mass is 10.1. The van der Waals surface area contributed by atoms with E-state index in [-0.39, 0.29) is 24.0 Å². The zero-order valence-corrected chi connectivity index (χ0v) is 17.2. The van der Waals surface area contributed by atoms with Crippen molar-refractivity contribution in [3.63, 3.8) is 0 Å². The van der Waals surface area contributed by atoms with Gasteiger partial charge in [-0.05, 0) is 25.0 Å². The summed E-state index contributed by atoms with van der Waals surface area (Å²) in [4.78, 5) is 22.5. The van der Waals surface area contributed by atoms with Gasteiger partial charge >= 0.3 is 0 Å². The molecule has 0 aromatic carbocycles. The summed E-state index contributed by atoms with van der Waals surface area (Å²) < 4.78 is 22.6. The molecule has 4 rings (SSSR count). The monoisotopic (exact) mass is 416 g/mol. The van der Waals surface area contributed by atoms with E-state index in [0.717, 1.165) is 42.5 Å². The Morgan fingerprint density at radius 1 is 1.17 bits per heavy atom. The number of aromatic nitrogens is 2. The van der Waals surface area contributed by atoms with Crippen molar-refractivity contribution in [3.8, 4) is 0 Å². The molecular weight excluding hydrogens is 388 g/mol. The Balaban J connectivity index is 1.28. The average molecular weight is 416 g/mol. The average Bonchev–Trinajstić information content (AvgIpc) is 3.24. The van der Waals surface area contributed by atoms with Crippen LogP contribution in [-0.4, -0.2) is 80.8 Å². The minimum absolute atomic E-state index is 0.00577. The number of anilines is 1. The molecule has 2 atom stereocenters. The van der Waals surface area contributed by atoms with Gasteiger partial charge in [-0.25, -0.2) is 4.98 Å². The summed E-state index contributed by atoms with van der Waals surface area (Å²) in [7, 11) is 1.68. The highest BCUT2D eigenvalue weighted by Crippen LogP contribution is 2.27. The number of nitrogens with two attached hydrogens (primary N) is 1. The van der Waals surface area contributed by atoms with Gasteiger partial charge in [0.15, 0.2) is 0 Å². The number of ether oxygens (including phenoxy) is 4. The van der Waals surface area contributed by atoms with E-state index in [1.165, 1.54) is 0 Å². The van der Waals surface area contributed by atoms with Gasteiger partial charge in [0.1, 0.15) is 17.9 Å². The summed E-state index contributed by atoms with van der Waals surface area (Å²) in [6, 6.07) is 3.46. The number of hydrogen-bond donors (Lipinski definition) is 1. The molecule has 0 unspecified atom stereocenters. The van der Waals surface area contributed by atoms with Gasteiger partial charge in [0.2, 0.25) is 0 Å². The predicted octanol–water partition coefficient (Wildman–Crippen LogP) is 1.14. The fourth-order valence-corrected chi connectivity index (χ4v) is 3.97. The Kier molecular flexibility index (Phi) is 6.73. The van der Waals surface area contributed by atoms with Crippen LogP contribution in [0.4, 0.5) is 5.69 Å². The largest absolute Gasteiger partial charge is 0.376 e. The van der Waals surface area contributed by atoms with Crippen molar-refractivity contribution in [2.75, 3.05) is 51.5 Å². The molecule has 0 radical (unpaired) electrons. The highest BCUT2D eigenvalue weighted by molar-refractivity contribution is 5.96. The number of piperidine rings is 1. The molecule has 2 aromatic heterocycles. The van der Waals surface area contributed by atoms with Crippen molar-refractivity contribution in [3.05, 3.63) is 30.2 Å². The molecule has 0 saturated carbocycles. The highest BCUT2D eigenvalue weighted by Gasteiger charge is 2.29. The first-order valence-electron chi connectivity index (χ1n) is 10.3. The van der Waals surface area contributed by atoms with Crippen molar-refractivity contribution in [1.29, 1.82) is 0 Å². The third-order valence-corrected chi connectivity index (χ3v) is 5.67. The fraction of sp³-hybridized carbons (Fsp3) is 0.571. The second-order valence-corrected chi connectivity index (χ2v) is 7.57. The number of carbonyl (C=O) groups is 1. The minimum Gasteiger partial charge on any atom is -0.376 e. The van der Waals surface area contributed by atoms with E-state index in [1.807, 2.05) is 6.07 Å². The van der Waals surface area contributed by atoms with Gasteiger partial charge in [-0.2, -0.15) is 0 Å². The first-order valence-corrected chi connectivity index (χ1v) is 10.3. The van der Waals surface area contributed by atoms with E-state index >= 15 is 0 Å². The second kappa shape index (κ2) is 9.65. The molecule has 1 amide bonds. The first-order chi connectivity index (χ1) is 14.7. The van der Waals surface area contributed by atoms with Crippen LogP contribution >= 0.6 is 0 Å². The van der Waals surface area contributed by atoms with Crippen molar-refractivity contribution in [1.82, 2.24) is 9.97 Å². The summed E-state index contributed by atoms with van der Waals surface area (Å²) in [5.74, 6) is -0.532. The molecule has 0 bridgehead atoms. The molecule has 0 aliphatic carbocycles. The maximum absolute atomic E-state index is 11.5. The Morgan fingerprint density at radius 3 is 2.70 bits per heavy atom. The van der Waals surface area contributed by atoms with Gasteiger partial charge in [-0.15, -0.1) is 0 Å². The molecule has 0 spiro atoms. The van der Waals surface area contributed by atoms with Crippen LogP contribution in [0.5, 0.6) is 0 Å². The number of fused-ring (bicyclic) bond motifs is 1. The summed E-state index contributed by atoms with van der Waals surface area (Å²) in [5.41, 5.74) is 7.33. The summed E-state index contributed by atoms with van der Waals surface area (Å²) in [5, 5.41) is 0.887. The van der Waals surface area contributed by atoms with E-state index in [9.17, 15) is 4.79 Å². The number of pyridine rings is 2. The SMILES string of the molecule is CO[C@H]1COC[C@@H]1OCCOC1CCN(c2cncc3ccc(C(N)=O)nc23)CC1. The predicted molar refractivity (Wildman–Crippen MR) is 111 cm³/mol. The maximum Gasteiger partial charge on any atom is 0.267 e. The molecule has 162 valence electrons. The second-order valence-electron chi connectivity index (χ2n) is 7.57. The van der Waals surface area contributed by atoms with E-state index in [2.05, 4.69) is 14.9 Å². The number of amides is 1. The molecule has 9 heteroatoms. The number of carbonyl (C=O) groups excluding carboxylic acids is 1. The number of methoxy groups -OCH3 is 1. The number of hydrogen-bond acceptors (Lipinski definition) is 8. The van der Waals surface area contributed by atoms with Crippen molar-refractivity contribution < 1.29 is 23.7 Å². The zero-order chi connectivity index (χ0) is 20.9. The smallest absolute Gasteiger partial charge is 0.267 e. The summed E-state index contributed by atoms with van der Waals surface area (Å²) in [6.07, 6.45) is 5.53. The summed E-state index contributed by atoms with van der Waals surface area (Å²) in [6.45, 7) is 3.90. The lowest BCUT2D eigenvalue weighted by molar-refractivity contribution is -0.0613. The van der Waals surface area contributed by atoms with Crippen LogP contribution in [0.15, 0.2) is 24.5 Å². The summed E-state index contributed by atoms with van der Waals surface area (Å²) >= 11 is 0. The molecule has 2 saturated heterocycles. The fourth-order valence-electron chi connectivity index (χ4n) is 3.97. The van der Waals surface area contributed by atoms with E-state index in [1.54, 1.807) is 25.6 Å². The molecule has 30 heavy (non-hydrogen) atoms. The number of primary amides is 1. The van der Waals surface area contributed by atoms with Gasteiger partial charge in [0, 0.05) is 31.8 Å². The normalized spacial score (nSPS) is 22.6. The maximum atomic E-state index is 11.5. The van der Waals surface area contributed by atoms with Gasteiger partial charge in [0.05, 0.1) is 49.9 Å². The standard InChI is InChI=1S/C21H28N4O5/c1-27-18-12-28-13-19(18)30-9-8-29-15-4-6-25(7-5-15)17-11-23-10-14-2-3-16(21(22)26)24-20(14)17/h2-3,10-11,15,18-19H,4-9,12-13H2,1H3,(H2,22,26)/t18-,19-/m0/s1. The molecule has 9 nitrogen and oxygen atoms in total. The number of nitrogens with zero attached hydrogens (tertiary/aromatic N) is 3. The van der Waals surface area contributed by atoms with E-state index < -0.39 is 5.91 Å². The van der Waals surface area contributed by atoms with Crippen LogP contribution in [0.3, 0.4) is 0 Å². The van der Waals surface area contributed by atoms with Crippen LogP contribution in [0.1, 0.15) is 23.3 Å². The molecule has 4 heterocycles. The molecular formula is C21H28N4O5. The lowest BCUT2D eigenvalue weighted by Crippen LogP contribution is -2.38. The van der Waals surface area contributed by atoms with Crippen LogP contribution in [0.2, 0.25) is 0 Å². The molecule has 2 aliphatic heterocycles. The first kappa shape index (κ1) is 20.9. The zero-order valence-electron chi connectivity index (χ0n) is 17.2. The third kappa shape index (κ3) is 4.70. The van der Waals surface area contributed by atoms with Gasteiger partial charge < -0.3 is 29.6 Å². The Morgan fingerprint density at radius 2 is 1.93 bits per heavy atom.